The summed E-state index contributed by atoms with van der Waals surface area (Å²) in [5.41, 5.74) is -0.924. The molecule has 0 bridgehead atoms. The maximum atomic E-state index is 12.6. The Morgan fingerprint density at radius 1 is 1.47 bits per heavy atom. The molecule has 1 fully saturated rings. The Hall–Kier alpha value is -0.890. The van der Waals surface area contributed by atoms with E-state index >= 15 is 0 Å². The van der Waals surface area contributed by atoms with Crippen LogP contribution in [0.15, 0.2) is 12.3 Å². The van der Waals surface area contributed by atoms with Crippen molar-refractivity contribution >= 4 is 21.9 Å². The van der Waals surface area contributed by atoms with E-state index in [-0.39, 0.29) is 18.2 Å². The van der Waals surface area contributed by atoms with Crippen LogP contribution in [0.1, 0.15) is 12.6 Å². The van der Waals surface area contributed by atoms with Gasteiger partial charge in [0.15, 0.2) is 0 Å². The van der Waals surface area contributed by atoms with Gasteiger partial charge in [-0.2, -0.15) is 13.2 Å². The van der Waals surface area contributed by atoms with Gasteiger partial charge in [0.25, 0.3) is 0 Å². The lowest BCUT2D eigenvalue weighted by molar-refractivity contribution is -0.141. The highest BCUT2D eigenvalue weighted by molar-refractivity contribution is 9.09. The van der Waals surface area contributed by atoms with Gasteiger partial charge in [0.1, 0.15) is 5.69 Å². The first kappa shape index (κ1) is 14.5. The molecule has 19 heavy (non-hydrogen) atoms. The Morgan fingerprint density at radius 2 is 2.21 bits per heavy atom. The summed E-state index contributed by atoms with van der Waals surface area (Å²) < 4.78 is 43.5. The van der Waals surface area contributed by atoms with Crippen LogP contribution in [0.25, 0.3) is 0 Å². The van der Waals surface area contributed by atoms with E-state index < -0.39 is 11.9 Å². The SMILES string of the molecule is CC1CN(c2nccc(C(F)(F)F)n2)CC(CBr)O1. The summed E-state index contributed by atoms with van der Waals surface area (Å²) in [5.74, 6) is 0.0934. The highest BCUT2D eigenvalue weighted by Gasteiger charge is 2.34. The molecule has 1 aromatic rings. The molecule has 2 rings (SSSR count). The highest BCUT2D eigenvalue weighted by Crippen LogP contribution is 2.28. The summed E-state index contributed by atoms with van der Waals surface area (Å²) in [4.78, 5) is 9.23. The predicted octanol–water partition coefficient (Wildman–Crippen LogP) is 2.48. The van der Waals surface area contributed by atoms with Gasteiger partial charge in [0.2, 0.25) is 5.95 Å². The van der Waals surface area contributed by atoms with Crippen LogP contribution in [0.3, 0.4) is 0 Å². The minimum atomic E-state index is -4.45. The molecule has 4 nitrogen and oxygen atoms in total. The van der Waals surface area contributed by atoms with Crippen LogP contribution >= 0.6 is 15.9 Å². The van der Waals surface area contributed by atoms with Crippen molar-refractivity contribution in [1.29, 1.82) is 0 Å². The molecule has 0 aromatic carbocycles. The number of aromatic nitrogens is 2. The number of rotatable bonds is 2. The first-order valence-corrected chi connectivity index (χ1v) is 6.89. The van der Waals surface area contributed by atoms with E-state index in [4.69, 9.17) is 4.74 Å². The summed E-state index contributed by atoms with van der Waals surface area (Å²) in [6, 6.07) is 0.870. The topological polar surface area (TPSA) is 38.2 Å². The fourth-order valence-corrected chi connectivity index (χ4v) is 2.31. The number of anilines is 1. The average Bonchev–Trinajstić information content (AvgIpc) is 2.37. The number of ether oxygens (including phenoxy) is 1. The van der Waals surface area contributed by atoms with Crippen molar-refractivity contribution in [1.82, 2.24) is 9.97 Å². The van der Waals surface area contributed by atoms with Crippen LogP contribution in [-0.4, -0.2) is 40.6 Å². The number of hydrogen-bond acceptors (Lipinski definition) is 4. The lowest BCUT2D eigenvalue weighted by Crippen LogP contribution is -2.48. The van der Waals surface area contributed by atoms with Gasteiger partial charge >= 0.3 is 6.18 Å². The third-order valence-electron chi connectivity index (χ3n) is 2.71. The van der Waals surface area contributed by atoms with Crippen LogP contribution in [0.4, 0.5) is 19.1 Å². The van der Waals surface area contributed by atoms with E-state index in [0.29, 0.717) is 18.4 Å². The second-order valence-corrected chi connectivity index (χ2v) is 5.02. The summed E-state index contributed by atoms with van der Waals surface area (Å²) in [5, 5.41) is 0.618. The molecule has 1 aliphatic rings. The second kappa shape index (κ2) is 5.62. The van der Waals surface area contributed by atoms with Gasteiger partial charge in [-0.15, -0.1) is 0 Å². The largest absolute Gasteiger partial charge is 0.433 e. The second-order valence-electron chi connectivity index (χ2n) is 4.37. The Kier molecular flexibility index (Phi) is 4.29. The summed E-state index contributed by atoms with van der Waals surface area (Å²) >= 11 is 3.31. The lowest BCUT2D eigenvalue weighted by Gasteiger charge is -2.36. The molecule has 1 aromatic heterocycles. The van der Waals surface area contributed by atoms with Crippen molar-refractivity contribution in [3.05, 3.63) is 18.0 Å². The van der Waals surface area contributed by atoms with E-state index in [2.05, 4.69) is 25.9 Å². The summed E-state index contributed by atoms with van der Waals surface area (Å²) in [7, 11) is 0. The minimum Gasteiger partial charge on any atom is -0.371 e. The zero-order chi connectivity index (χ0) is 14.0. The van der Waals surface area contributed by atoms with Crippen molar-refractivity contribution in [2.24, 2.45) is 0 Å². The molecule has 1 saturated heterocycles. The Bertz CT molecular complexity index is 443. The zero-order valence-corrected chi connectivity index (χ0v) is 11.8. The van der Waals surface area contributed by atoms with Crippen LogP contribution in [-0.2, 0) is 10.9 Å². The van der Waals surface area contributed by atoms with Crippen molar-refractivity contribution in [2.75, 3.05) is 23.3 Å². The average molecular weight is 340 g/mol. The normalized spacial score (nSPS) is 24.6. The van der Waals surface area contributed by atoms with Gasteiger partial charge in [0.05, 0.1) is 12.2 Å². The highest BCUT2D eigenvalue weighted by atomic mass is 79.9. The van der Waals surface area contributed by atoms with Crippen LogP contribution in [0, 0.1) is 0 Å². The van der Waals surface area contributed by atoms with Crippen LogP contribution in [0.5, 0.6) is 0 Å². The molecule has 0 saturated carbocycles. The molecular weight excluding hydrogens is 327 g/mol. The van der Waals surface area contributed by atoms with E-state index in [0.717, 1.165) is 12.3 Å². The lowest BCUT2D eigenvalue weighted by atomic mass is 10.2. The molecule has 0 radical (unpaired) electrons. The van der Waals surface area contributed by atoms with Gasteiger partial charge in [-0.25, -0.2) is 9.97 Å². The smallest absolute Gasteiger partial charge is 0.371 e. The first-order valence-electron chi connectivity index (χ1n) is 5.76. The van der Waals surface area contributed by atoms with Crippen molar-refractivity contribution in [3.8, 4) is 0 Å². The van der Waals surface area contributed by atoms with Crippen LogP contribution in [0.2, 0.25) is 0 Å². The molecule has 0 N–H and O–H groups in total. The fourth-order valence-electron chi connectivity index (χ4n) is 1.95. The minimum absolute atomic E-state index is 0.0746. The molecule has 0 aliphatic carbocycles. The number of morpholine rings is 1. The van der Waals surface area contributed by atoms with Crippen LogP contribution < -0.4 is 4.90 Å². The molecule has 1 aliphatic heterocycles. The Balaban J connectivity index is 2.21. The third-order valence-corrected chi connectivity index (χ3v) is 3.44. The molecular formula is C11H13BrF3N3O. The van der Waals surface area contributed by atoms with E-state index in [9.17, 15) is 13.2 Å². The Morgan fingerprint density at radius 3 is 2.84 bits per heavy atom. The van der Waals surface area contributed by atoms with Gasteiger partial charge in [0, 0.05) is 24.6 Å². The maximum absolute atomic E-state index is 12.6. The van der Waals surface area contributed by atoms with E-state index in [1.807, 2.05) is 6.92 Å². The fraction of sp³-hybridized carbons (Fsp3) is 0.636. The van der Waals surface area contributed by atoms with Crippen molar-refractivity contribution < 1.29 is 17.9 Å². The monoisotopic (exact) mass is 339 g/mol. The number of nitrogens with zero attached hydrogens (tertiary/aromatic N) is 3. The third kappa shape index (κ3) is 3.56. The standard InChI is InChI=1S/C11H13BrF3N3O/c1-7-5-18(6-8(4-12)19-7)10-16-3-2-9(17-10)11(13,14)15/h2-3,7-8H,4-6H2,1H3. The zero-order valence-electron chi connectivity index (χ0n) is 10.2. The molecule has 106 valence electrons. The van der Waals surface area contributed by atoms with Gasteiger partial charge in [-0.3, -0.25) is 0 Å². The number of halogens is 4. The molecule has 2 heterocycles. The van der Waals surface area contributed by atoms with E-state index in [1.54, 1.807) is 4.90 Å². The maximum Gasteiger partial charge on any atom is 0.433 e. The molecule has 0 amide bonds. The van der Waals surface area contributed by atoms with Crippen molar-refractivity contribution in [3.63, 3.8) is 0 Å². The predicted molar refractivity (Wildman–Crippen MR) is 67.4 cm³/mol. The quantitative estimate of drug-likeness (QED) is 0.776. The molecule has 0 spiro atoms. The molecule has 8 heteroatoms. The van der Waals surface area contributed by atoms with Gasteiger partial charge in [-0.1, -0.05) is 15.9 Å². The van der Waals surface area contributed by atoms with Crippen molar-refractivity contribution in [2.45, 2.75) is 25.3 Å². The molecule has 2 atom stereocenters. The van der Waals surface area contributed by atoms with Gasteiger partial charge < -0.3 is 9.64 Å². The number of alkyl halides is 4. The first-order chi connectivity index (χ1) is 8.90. The number of hydrogen-bond donors (Lipinski definition) is 0. The molecule has 2 unspecified atom stereocenters. The van der Waals surface area contributed by atoms with Gasteiger partial charge in [-0.05, 0) is 13.0 Å². The Labute approximate surface area is 117 Å². The summed E-state index contributed by atoms with van der Waals surface area (Å²) in [6.45, 7) is 2.82. The summed E-state index contributed by atoms with van der Waals surface area (Å²) in [6.07, 6.45) is -3.48. The van der Waals surface area contributed by atoms with E-state index in [1.165, 1.54) is 0 Å².